The lowest BCUT2D eigenvalue weighted by molar-refractivity contribution is 0.311. The summed E-state index contributed by atoms with van der Waals surface area (Å²) in [4.78, 5) is 8.84. The Kier molecular flexibility index (Phi) is 3.82. The third-order valence-electron chi connectivity index (χ3n) is 4.17. The second kappa shape index (κ2) is 5.75. The van der Waals surface area contributed by atoms with Crippen LogP contribution in [-0.4, -0.2) is 32.8 Å². The zero-order valence-corrected chi connectivity index (χ0v) is 12.0. The van der Waals surface area contributed by atoms with Gasteiger partial charge in [-0.05, 0) is 19.9 Å². The maximum absolute atomic E-state index is 5.52. The van der Waals surface area contributed by atoms with Crippen LogP contribution in [0, 0.1) is 0 Å². The molecule has 2 aromatic rings. The molecule has 1 aliphatic rings. The monoisotopic (exact) mass is 275 g/mol. The summed E-state index contributed by atoms with van der Waals surface area (Å²) in [5.41, 5.74) is 0. The maximum Gasteiger partial charge on any atom is 0.238 e. The van der Waals surface area contributed by atoms with Gasteiger partial charge >= 0.3 is 0 Å². The van der Waals surface area contributed by atoms with Gasteiger partial charge in [-0.1, -0.05) is 24.4 Å². The molecule has 2 atom stereocenters. The van der Waals surface area contributed by atoms with Crippen LogP contribution in [0.4, 0.5) is 0 Å². The van der Waals surface area contributed by atoms with Crippen molar-refractivity contribution < 1.29 is 4.52 Å². The van der Waals surface area contributed by atoms with Gasteiger partial charge in [-0.2, -0.15) is 4.98 Å². The average Bonchev–Trinajstić information content (AvgIpc) is 3.02. The topological polar surface area (TPSA) is 68.8 Å². The second-order valence-electron chi connectivity index (χ2n) is 5.46. The Hall–Kier alpha value is -1.69. The molecule has 0 aliphatic heterocycles. The van der Waals surface area contributed by atoms with E-state index in [2.05, 4.69) is 20.4 Å². The Balaban J connectivity index is 1.86. The summed E-state index contributed by atoms with van der Waals surface area (Å²) in [5.74, 6) is 2.37. The second-order valence-corrected chi connectivity index (χ2v) is 5.46. The molecule has 0 spiro atoms. The summed E-state index contributed by atoms with van der Waals surface area (Å²) in [6, 6.07) is 0.423. The summed E-state index contributed by atoms with van der Waals surface area (Å²) >= 11 is 0. The Morgan fingerprint density at radius 3 is 2.90 bits per heavy atom. The molecule has 2 heterocycles. The molecule has 0 bridgehead atoms. The number of hydrogen-bond acceptors (Lipinski definition) is 5. The van der Waals surface area contributed by atoms with Crippen LogP contribution in [0.1, 0.15) is 43.9 Å². The molecule has 6 nitrogen and oxygen atoms in total. The van der Waals surface area contributed by atoms with Gasteiger partial charge in [0.25, 0.3) is 0 Å². The SMILES string of the molecule is CNC1CCCCCC1c1nc(-c2nccn2C)no1. The van der Waals surface area contributed by atoms with Gasteiger partial charge in [-0.3, -0.25) is 0 Å². The molecular formula is C14H21N5O. The highest BCUT2D eigenvalue weighted by Crippen LogP contribution is 2.31. The number of nitrogens with one attached hydrogen (secondary N) is 1. The van der Waals surface area contributed by atoms with E-state index < -0.39 is 0 Å². The number of likely N-dealkylation sites (N-methyl/N-ethyl adjacent to an activating group) is 1. The summed E-state index contributed by atoms with van der Waals surface area (Å²) in [6.07, 6.45) is 9.68. The Morgan fingerprint density at radius 1 is 1.30 bits per heavy atom. The van der Waals surface area contributed by atoms with Gasteiger partial charge < -0.3 is 14.4 Å². The van der Waals surface area contributed by atoms with Crippen LogP contribution in [0.15, 0.2) is 16.9 Å². The third-order valence-corrected chi connectivity index (χ3v) is 4.17. The predicted molar refractivity (Wildman–Crippen MR) is 75.2 cm³/mol. The van der Waals surface area contributed by atoms with Crippen LogP contribution in [-0.2, 0) is 7.05 Å². The van der Waals surface area contributed by atoms with Crippen LogP contribution in [0.2, 0.25) is 0 Å². The summed E-state index contributed by atoms with van der Waals surface area (Å²) in [5, 5.41) is 7.50. The molecule has 1 saturated carbocycles. The van der Waals surface area contributed by atoms with Crippen molar-refractivity contribution in [2.24, 2.45) is 7.05 Å². The number of nitrogens with zero attached hydrogens (tertiary/aromatic N) is 4. The van der Waals surface area contributed by atoms with E-state index in [9.17, 15) is 0 Å². The van der Waals surface area contributed by atoms with E-state index in [1.165, 1.54) is 25.7 Å². The van der Waals surface area contributed by atoms with Crippen molar-refractivity contribution in [3.8, 4) is 11.6 Å². The van der Waals surface area contributed by atoms with Gasteiger partial charge in [-0.25, -0.2) is 4.98 Å². The molecule has 3 rings (SSSR count). The maximum atomic E-state index is 5.52. The van der Waals surface area contributed by atoms with Crippen molar-refractivity contribution in [1.29, 1.82) is 0 Å². The predicted octanol–water partition coefficient (Wildman–Crippen LogP) is 2.11. The van der Waals surface area contributed by atoms with Gasteiger partial charge in [0.15, 0.2) is 5.82 Å². The third kappa shape index (κ3) is 2.47. The first-order chi connectivity index (χ1) is 9.79. The number of rotatable bonds is 3. The highest BCUT2D eigenvalue weighted by atomic mass is 16.5. The molecule has 1 N–H and O–H groups in total. The highest BCUT2D eigenvalue weighted by Gasteiger charge is 2.29. The lowest BCUT2D eigenvalue weighted by atomic mass is 9.95. The fourth-order valence-electron chi connectivity index (χ4n) is 3.01. The standard InChI is InChI=1S/C14H21N5O/c1-15-11-7-5-3-4-6-10(11)14-17-12(18-20-14)13-16-8-9-19(13)2/h8-11,15H,3-7H2,1-2H3. The van der Waals surface area contributed by atoms with Gasteiger partial charge in [0.2, 0.25) is 11.7 Å². The minimum Gasteiger partial charge on any atom is -0.338 e. The molecule has 0 radical (unpaired) electrons. The molecule has 108 valence electrons. The molecular weight excluding hydrogens is 254 g/mol. The zero-order chi connectivity index (χ0) is 13.9. The number of imidazole rings is 1. The zero-order valence-electron chi connectivity index (χ0n) is 12.0. The average molecular weight is 275 g/mol. The molecule has 2 aromatic heterocycles. The Morgan fingerprint density at radius 2 is 2.15 bits per heavy atom. The van der Waals surface area contributed by atoms with Crippen molar-refractivity contribution in [2.45, 2.75) is 44.1 Å². The molecule has 0 saturated heterocycles. The van der Waals surface area contributed by atoms with E-state index in [1.807, 2.05) is 24.9 Å². The summed E-state index contributed by atoms with van der Waals surface area (Å²) in [6.45, 7) is 0. The Labute approximate surface area is 118 Å². The fourth-order valence-corrected chi connectivity index (χ4v) is 3.01. The molecule has 20 heavy (non-hydrogen) atoms. The first-order valence-electron chi connectivity index (χ1n) is 7.28. The van der Waals surface area contributed by atoms with Crippen LogP contribution in [0.5, 0.6) is 0 Å². The van der Waals surface area contributed by atoms with Gasteiger partial charge in [-0.15, -0.1) is 0 Å². The molecule has 1 aliphatic carbocycles. The van der Waals surface area contributed by atoms with E-state index in [1.54, 1.807) is 6.20 Å². The van der Waals surface area contributed by atoms with E-state index in [0.717, 1.165) is 18.1 Å². The quantitative estimate of drug-likeness (QED) is 0.869. The van der Waals surface area contributed by atoms with Crippen molar-refractivity contribution >= 4 is 0 Å². The lowest BCUT2D eigenvalue weighted by Crippen LogP contribution is -2.31. The van der Waals surface area contributed by atoms with Crippen molar-refractivity contribution in [2.75, 3.05) is 7.05 Å². The first-order valence-corrected chi connectivity index (χ1v) is 7.28. The van der Waals surface area contributed by atoms with Gasteiger partial charge in [0.1, 0.15) is 0 Å². The molecule has 1 fully saturated rings. The number of aryl methyl sites for hydroxylation is 1. The van der Waals surface area contributed by atoms with E-state index in [4.69, 9.17) is 4.52 Å². The smallest absolute Gasteiger partial charge is 0.238 e. The lowest BCUT2D eigenvalue weighted by Gasteiger charge is -2.20. The van der Waals surface area contributed by atoms with Crippen LogP contribution in [0.3, 0.4) is 0 Å². The first kappa shape index (κ1) is 13.3. The van der Waals surface area contributed by atoms with Gasteiger partial charge in [0.05, 0.1) is 5.92 Å². The fraction of sp³-hybridized carbons (Fsp3) is 0.643. The minimum absolute atomic E-state index is 0.309. The normalized spacial score (nSPS) is 23.7. The van der Waals surface area contributed by atoms with Crippen LogP contribution >= 0.6 is 0 Å². The van der Waals surface area contributed by atoms with Crippen LogP contribution in [0.25, 0.3) is 11.6 Å². The largest absolute Gasteiger partial charge is 0.338 e. The van der Waals surface area contributed by atoms with E-state index in [0.29, 0.717) is 17.8 Å². The number of hydrogen-bond donors (Lipinski definition) is 1. The number of aromatic nitrogens is 4. The highest BCUT2D eigenvalue weighted by molar-refractivity contribution is 5.42. The molecule has 2 unspecified atom stereocenters. The van der Waals surface area contributed by atoms with Gasteiger partial charge in [0, 0.05) is 25.5 Å². The van der Waals surface area contributed by atoms with E-state index in [-0.39, 0.29) is 0 Å². The molecule has 6 heteroatoms. The van der Waals surface area contributed by atoms with Crippen molar-refractivity contribution in [3.63, 3.8) is 0 Å². The molecule has 0 aromatic carbocycles. The molecule has 0 amide bonds. The summed E-state index contributed by atoms with van der Waals surface area (Å²) in [7, 11) is 3.94. The summed E-state index contributed by atoms with van der Waals surface area (Å²) < 4.78 is 7.42. The van der Waals surface area contributed by atoms with E-state index >= 15 is 0 Å². The van der Waals surface area contributed by atoms with Crippen LogP contribution < -0.4 is 5.32 Å². The van der Waals surface area contributed by atoms with Crippen molar-refractivity contribution in [1.82, 2.24) is 25.0 Å². The van der Waals surface area contributed by atoms with Crippen molar-refractivity contribution in [3.05, 3.63) is 18.3 Å². The minimum atomic E-state index is 0.309. The Bertz CT molecular complexity index is 561.